The van der Waals surface area contributed by atoms with Crippen LogP contribution in [0.15, 0.2) is 24.3 Å². The molecule has 0 amide bonds. The van der Waals surface area contributed by atoms with Crippen molar-refractivity contribution in [2.45, 2.75) is 46.8 Å². The second-order valence-corrected chi connectivity index (χ2v) is 5.20. The van der Waals surface area contributed by atoms with Crippen LogP contribution in [0.3, 0.4) is 0 Å². The molecule has 20 heavy (non-hydrogen) atoms. The number of rotatable bonds is 5. The molecule has 108 valence electrons. The van der Waals surface area contributed by atoms with Crippen molar-refractivity contribution in [2.75, 3.05) is 0 Å². The summed E-state index contributed by atoms with van der Waals surface area (Å²) in [7, 11) is 0. The molecule has 1 aromatic carbocycles. The molecule has 0 saturated carbocycles. The lowest BCUT2D eigenvalue weighted by molar-refractivity contribution is 0.527. The van der Waals surface area contributed by atoms with Crippen molar-refractivity contribution in [3.05, 3.63) is 52.6 Å². The predicted molar refractivity (Wildman–Crippen MR) is 79.0 cm³/mol. The van der Waals surface area contributed by atoms with Crippen LogP contribution in [-0.4, -0.2) is 9.78 Å². The smallest absolute Gasteiger partial charge is 0.126 e. The van der Waals surface area contributed by atoms with Crippen LogP contribution in [0.4, 0.5) is 4.39 Å². The molecule has 2 aromatic rings. The molecule has 0 bridgehead atoms. The van der Waals surface area contributed by atoms with Crippen LogP contribution in [-0.2, 0) is 13.1 Å². The molecule has 3 nitrogen and oxygen atoms in total. The van der Waals surface area contributed by atoms with Crippen molar-refractivity contribution in [3.8, 4) is 0 Å². The van der Waals surface area contributed by atoms with Crippen LogP contribution < -0.4 is 5.32 Å². The summed E-state index contributed by atoms with van der Waals surface area (Å²) < 4.78 is 15.6. The normalized spacial score (nSPS) is 12.7. The first-order valence-electron chi connectivity index (χ1n) is 7.04. The molecule has 0 fully saturated rings. The maximum atomic E-state index is 13.6. The highest BCUT2D eigenvalue weighted by Gasteiger charge is 2.09. The lowest BCUT2D eigenvalue weighted by atomic mass is 10.1. The van der Waals surface area contributed by atoms with Gasteiger partial charge in [-0.15, -0.1) is 0 Å². The van der Waals surface area contributed by atoms with E-state index < -0.39 is 0 Å². The fourth-order valence-electron chi connectivity index (χ4n) is 2.27. The summed E-state index contributed by atoms with van der Waals surface area (Å²) in [6.45, 7) is 9.48. The lowest BCUT2D eigenvalue weighted by Crippen LogP contribution is -2.20. The van der Waals surface area contributed by atoms with Gasteiger partial charge in [0.15, 0.2) is 0 Å². The average molecular weight is 275 g/mol. The van der Waals surface area contributed by atoms with Gasteiger partial charge in [-0.2, -0.15) is 5.10 Å². The van der Waals surface area contributed by atoms with E-state index >= 15 is 0 Å². The molecular formula is C16H22FN3. The molecule has 0 radical (unpaired) electrons. The Morgan fingerprint density at radius 3 is 2.70 bits per heavy atom. The minimum Gasteiger partial charge on any atom is -0.305 e. The first-order chi connectivity index (χ1) is 9.51. The van der Waals surface area contributed by atoms with Gasteiger partial charge in [0.2, 0.25) is 0 Å². The van der Waals surface area contributed by atoms with Crippen molar-refractivity contribution < 1.29 is 4.39 Å². The van der Waals surface area contributed by atoms with Gasteiger partial charge in [0.1, 0.15) is 5.82 Å². The maximum absolute atomic E-state index is 13.6. The van der Waals surface area contributed by atoms with Crippen LogP contribution in [0.25, 0.3) is 0 Å². The van der Waals surface area contributed by atoms with E-state index in [-0.39, 0.29) is 11.9 Å². The van der Waals surface area contributed by atoms with Crippen molar-refractivity contribution in [3.63, 3.8) is 0 Å². The molecule has 0 spiro atoms. The number of hydrogen-bond acceptors (Lipinski definition) is 2. The molecule has 1 heterocycles. The second-order valence-electron chi connectivity index (χ2n) is 5.20. The van der Waals surface area contributed by atoms with Gasteiger partial charge in [0.25, 0.3) is 0 Å². The molecule has 4 heteroatoms. The molecule has 1 unspecified atom stereocenters. The zero-order valence-corrected chi connectivity index (χ0v) is 12.6. The SMILES string of the molecule is CCn1nc(C)cc1CNC(C)c1ccc(C)c(F)c1. The fraction of sp³-hybridized carbons (Fsp3) is 0.438. The Hall–Kier alpha value is -1.68. The zero-order valence-electron chi connectivity index (χ0n) is 12.6. The van der Waals surface area contributed by atoms with Gasteiger partial charge in [0, 0.05) is 19.1 Å². The molecular weight excluding hydrogens is 253 g/mol. The highest BCUT2D eigenvalue weighted by molar-refractivity contribution is 5.25. The Labute approximate surface area is 119 Å². The van der Waals surface area contributed by atoms with E-state index in [2.05, 4.69) is 23.4 Å². The molecule has 2 rings (SSSR count). The van der Waals surface area contributed by atoms with Crippen molar-refractivity contribution in [2.24, 2.45) is 0 Å². The fourth-order valence-corrected chi connectivity index (χ4v) is 2.27. The third-order valence-electron chi connectivity index (χ3n) is 3.57. The van der Waals surface area contributed by atoms with Crippen molar-refractivity contribution >= 4 is 0 Å². The summed E-state index contributed by atoms with van der Waals surface area (Å²) in [6.07, 6.45) is 0. The van der Waals surface area contributed by atoms with Crippen molar-refractivity contribution in [1.82, 2.24) is 15.1 Å². The first-order valence-corrected chi connectivity index (χ1v) is 7.04. The van der Waals surface area contributed by atoms with Gasteiger partial charge < -0.3 is 5.32 Å². The number of benzene rings is 1. The van der Waals surface area contributed by atoms with E-state index in [0.29, 0.717) is 5.56 Å². The topological polar surface area (TPSA) is 29.9 Å². The Bertz CT molecular complexity index is 589. The number of nitrogens with one attached hydrogen (secondary N) is 1. The van der Waals surface area contributed by atoms with E-state index in [0.717, 1.165) is 30.0 Å². The summed E-state index contributed by atoms with van der Waals surface area (Å²) >= 11 is 0. The minimum atomic E-state index is -0.148. The monoisotopic (exact) mass is 275 g/mol. The van der Waals surface area contributed by atoms with Gasteiger partial charge in [0.05, 0.1) is 11.4 Å². The zero-order chi connectivity index (χ0) is 14.7. The lowest BCUT2D eigenvalue weighted by Gasteiger charge is -2.15. The minimum absolute atomic E-state index is 0.102. The summed E-state index contributed by atoms with van der Waals surface area (Å²) in [6, 6.07) is 7.58. The molecule has 0 aliphatic heterocycles. The Morgan fingerprint density at radius 1 is 1.30 bits per heavy atom. The van der Waals surface area contributed by atoms with Crippen LogP contribution in [0.2, 0.25) is 0 Å². The van der Waals surface area contributed by atoms with Gasteiger partial charge in [-0.25, -0.2) is 4.39 Å². The number of aromatic nitrogens is 2. The number of aryl methyl sites for hydroxylation is 3. The number of nitrogens with zero attached hydrogens (tertiary/aromatic N) is 2. The third-order valence-corrected chi connectivity index (χ3v) is 3.57. The second kappa shape index (κ2) is 6.18. The highest BCUT2D eigenvalue weighted by atomic mass is 19.1. The summed E-state index contributed by atoms with van der Waals surface area (Å²) in [5.74, 6) is -0.148. The Balaban J connectivity index is 2.04. The maximum Gasteiger partial charge on any atom is 0.126 e. The first kappa shape index (κ1) is 14.7. The van der Waals surface area contributed by atoms with Crippen molar-refractivity contribution in [1.29, 1.82) is 0 Å². The van der Waals surface area contributed by atoms with E-state index in [9.17, 15) is 4.39 Å². The highest BCUT2D eigenvalue weighted by Crippen LogP contribution is 2.17. The largest absolute Gasteiger partial charge is 0.305 e. The van der Waals surface area contributed by atoms with Crippen LogP contribution >= 0.6 is 0 Å². The standard InChI is InChI=1S/C16H22FN3/c1-5-20-15(8-12(3)19-20)10-18-13(4)14-7-6-11(2)16(17)9-14/h6-9,13,18H,5,10H2,1-4H3. The van der Waals surface area contributed by atoms with Gasteiger partial charge in [-0.05, 0) is 51.0 Å². The van der Waals surface area contributed by atoms with Gasteiger partial charge in [-0.1, -0.05) is 12.1 Å². The third kappa shape index (κ3) is 3.25. The van der Waals surface area contributed by atoms with Crippen LogP contribution in [0, 0.1) is 19.7 Å². The predicted octanol–water partition coefficient (Wildman–Crippen LogP) is 3.51. The summed E-state index contributed by atoms with van der Waals surface area (Å²) in [5, 5.41) is 7.84. The Morgan fingerprint density at radius 2 is 2.05 bits per heavy atom. The van der Waals surface area contributed by atoms with Gasteiger partial charge in [-0.3, -0.25) is 4.68 Å². The van der Waals surface area contributed by atoms with E-state index in [1.807, 2.05) is 30.7 Å². The van der Waals surface area contributed by atoms with E-state index in [1.165, 1.54) is 0 Å². The average Bonchev–Trinajstić information content (AvgIpc) is 2.79. The van der Waals surface area contributed by atoms with Crippen LogP contribution in [0.1, 0.15) is 42.4 Å². The molecule has 0 saturated heterocycles. The van der Waals surface area contributed by atoms with Gasteiger partial charge >= 0.3 is 0 Å². The summed E-state index contributed by atoms with van der Waals surface area (Å²) in [5.41, 5.74) is 3.83. The molecule has 0 aliphatic carbocycles. The van der Waals surface area contributed by atoms with E-state index in [1.54, 1.807) is 13.0 Å². The van der Waals surface area contributed by atoms with E-state index in [4.69, 9.17) is 0 Å². The Kier molecular flexibility index (Phi) is 4.55. The molecule has 1 N–H and O–H groups in total. The molecule has 0 aliphatic rings. The van der Waals surface area contributed by atoms with Crippen LogP contribution in [0.5, 0.6) is 0 Å². The quantitative estimate of drug-likeness (QED) is 0.905. The number of hydrogen-bond donors (Lipinski definition) is 1. The molecule has 1 atom stereocenters. The number of halogens is 1. The molecule has 1 aromatic heterocycles. The summed E-state index contributed by atoms with van der Waals surface area (Å²) in [4.78, 5) is 0.